The van der Waals surface area contributed by atoms with Crippen LogP contribution >= 0.6 is 11.3 Å². The van der Waals surface area contributed by atoms with Crippen molar-refractivity contribution in [2.45, 2.75) is 19.4 Å². The predicted molar refractivity (Wildman–Crippen MR) is 72.5 cm³/mol. The second-order valence-electron chi connectivity index (χ2n) is 4.46. The van der Waals surface area contributed by atoms with E-state index in [4.69, 9.17) is 5.73 Å². The highest BCUT2D eigenvalue weighted by Crippen LogP contribution is 2.31. The number of carbonyl (C=O) groups is 1. The van der Waals surface area contributed by atoms with E-state index in [1.54, 1.807) is 11.3 Å². The maximum Gasteiger partial charge on any atom is 0.228 e. The van der Waals surface area contributed by atoms with Gasteiger partial charge in [0.15, 0.2) is 0 Å². The fourth-order valence-electron chi connectivity index (χ4n) is 1.99. The molecule has 0 radical (unpaired) electrons. The third-order valence-electron chi connectivity index (χ3n) is 2.97. The van der Waals surface area contributed by atoms with Gasteiger partial charge in [0.1, 0.15) is 5.01 Å². The number of thiazole rings is 1. The number of hydrogen-bond acceptors (Lipinski definition) is 4. The van der Waals surface area contributed by atoms with Crippen molar-refractivity contribution in [3.63, 3.8) is 0 Å². The Morgan fingerprint density at radius 2 is 2.33 bits per heavy atom. The molecule has 0 bridgehead atoms. The zero-order chi connectivity index (χ0) is 12.7. The normalized spacial score (nSPS) is 15.3. The van der Waals surface area contributed by atoms with E-state index < -0.39 is 0 Å². The summed E-state index contributed by atoms with van der Waals surface area (Å²) in [5.74, 6) is 0.0533. The molecule has 1 aromatic carbocycles. The molecule has 5 heteroatoms. The van der Waals surface area contributed by atoms with Gasteiger partial charge in [-0.1, -0.05) is 0 Å². The highest BCUT2D eigenvalue weighted by atomic mass is 32.1. The maximum absolute atomic E-state index is 11.3. The summed E-state index contributed by atoms with van der Waals surface area (Å²) in [7, 11) is 0. The second kappa shape index (κ2) is 4.19. The summed E-state index contributed by atoms with van der Waals surface area (Å²) >= 11 is 1.58. The average molecular weight is 259 g/mol. The molecule has 0 aliphatic carbocycles. The number of benzene rings is 1. The number of anilines is 1. The van der Waals surface area contributed by atoms with Crippen LogP contribution in [0, 0.1) is 0 Å². The third-order valence-corrected chi connectivity index (χ3v) is 3.88. The van der Waals surface area contributed by atoms with E-state index in [1.165, 1.54) is 0 Å². The number of nitrogens with two attached hydrogens (primary N) is 1. The molecule has 0 spiro atoms. The summed E-state index contributed by atoms with van der Waals surface area (Å²) in [5, 5.41) is 5.75. The fourth-order valence-corrected chi connectivity index (χ4v) is 2.91. The van der Waals surface area contributed by atoms with Crippen LogP contribution in [0.1, 0.15) is 24.2 Å². The molecule has 1 unspecified atom stereocenters. The van der Waals surface area contributed by atoms with Crippen LogP contribution in [0.4, 0.5) is 5.69 Å². The zero-order valence-corrected chi connectivity index (χ0v) is 10.8. The Labute approximate surface area is 109 Å². The first-order valence-corrected chi connectivity index (χ1v) is 6.65. The van der Waals surface area contributed by atoms with Crippen LogP contribution < -0.4 is 11.1 Å². The van der Waals surface area contributed by atoms with E-state index in [0.717, 1.165) is 27.5 Å². The number of nitrogens with zero attached hydrogens (tertiary/aromatic N) is 1. The Bertz CT molecular complexity index is 618. The van der Waals surface area contributed by atoms with Gasteiger partial charge in [-0.25, -0.2) is 4.98 Å². The van der Waals surface area contributed by atoms with Gasteiger partial charge in [0.25, 0.3) is 0 Å². The first-order chi connectivity index (χ1) is 8.63. The number of hydrogen-bond donors (Lipinski definition) is 2. The number of amides is 1. The molecule has 2 heterocycles. The lowest BCUT2D eigenvalue weighted by molar-refractivity contribution is -0.115. The van der Waals surface area contributed by atoms with Gasteiger partial charge in [-0.2, -0.15) is 0 Å². The van der Waals surface area contributed by atoms with Gasteiger partial charge < -0.3 is 11.1 Å². The van der Waals surface area contributed by atoms with Crippen molar-refractivity contribution in [3.05, 3.63) is 34.8 Å². The molecule has 1 amide bonds. The molecule has 0 saturated carbocycles. The lowest BCUT2D eigenvalue weighted by atomic mass is 10.1. The largest absolute Gasteiger partial charge is 0.326 e. The number of nitrogens with one attached hydrogen (secondary N) is 1. The van der Waals surface area contributed by atoms with E-state index in [1.807, 2.05) is 30.5 Å². The summed E-state index contributed by atoms with van der Waals surface area (Å²) in [4.78, 5) is 15.8. The van der Waals surface area contributed by atoms with E-state index in [-0.39, 0.29) is 11.9 Å². The molecule has 3 rings (SSSR count). The number of fused-ring (bicyclic) bond motifs is 1. The molecule has 1 atom stereocenters. The van der Waals surface area contributed by atoms with Crippen molar-refractivity contribution in [1.29, 1.82) is 0 Å². The van der Waals surface area contributed by atoms with Crippen LogP contribution in [0.5, 0.6) is 0 Å². The summed E-state index contributed by atoms with van der Waals surface area (Å²) in [6, 6.07) is 5.89. The van der Waals surface area contributed by atoms with E-state index in [2.05, 4.69) is 10.3 Å². The van der Waals surface area contributed by atoms with Crippen molar-refractivity contribution in [3.8, 4) is 10.6 Å². The van der Waals surface area contributed by atoms with Crippen molar-refractivity contribution < 1.29 is 4.79 Å². The molecule has 92 valence electrons. The molecule has 0 fully saturated rings. The van der Waals surface area contributed by atoms with Crippen molar-refractivity contribution in [1.82, 2.24) is 4.98 Å². The topological polar surface area (TPSA) is 68.0 Å². The average Bonchev–Trinajstić information content (AvgIpc) is 2.91. The fraction of sp³-hybridized carbons (Fsp3) is 0.231. The van der Waals surface area contributed by atoms with Crippen LogP contribution in [0.15, 0.2) is 23.6 Å². The zero-order valence-electron chi connectivity index (χ0n) is 9.93. The van der Waals surface area contributed by atoms with Gasteiger partial charge in [0.05, 0.1) is 12.1 Å². The molecule has 1 aliphatic heterocycles. The van der Waals surface area contributed by atoms with Crippen molar-refractivity contribution >= 4 is 22.9 Å². The molecule has 1 aromatic heterocycles. The Kier molecular flexibility index (Phi) is 2.65. The SMILES string of the molecule is CC(N)c1csc(-c2ccc3c(c2)CC(=O)N3)n1. The predicted octanol–water partition coefficient (Wildman–Crippen LogP) is 2.32. The minimum absolute atomic E-state index is 0.0485. The number of aromatic nitrogens is 1. The molecular weight excluding hydrogens is 246 g/mol. The highest BCUT2D eigenvalue weighted by molar-refractivity contribution is 7.13. The Balaban J connectivity index is 1.97. The minimum atomic E-state index is -0.0485. The number of carbonyl (C=O) groups excluding carboxylic acids is 1. The molecule has 1 aliphatic rings. The van der Waals surface area contributed by atoms with Gasteiger partial charge >= 0.3 is 0 Å². The van der Waals surface area contributed by atoms with Gasteiger partial charge in [-0.05, 0) is 30.7 Å². The van der Waals surface area contributed by atoms with Crippen molar-refractivity contribution in [2.75, 3.05) is 5.32 Å². The number of rotatable bonds is 2. The standard InChI is InChI=1S/C13H13N3OS/c1-7(14)11-6-18-13(16-11)8-2-3-10-9(4-8)5-12(17)15-10/h2-4,6-7H,5,14H2,1H3,(H,15,17). The Morgan fingerprint density at radius 3 is 3.06 bits per heavy atom. The Hall–Kier alpha value is -1.72. The molecule has 2 aromatic rings. The molecular formula is C13H13N3OS. The van der Waals surface area contributed by atoms with Crippen molar-refractivity contribution in [2.24, 2.45) is 5.73 Å². The van der Waals surface area contributed by atoms with Gasteiger partial charge in [0, 0.05) is 22.7 Å². The van der Waals surface area contributed by atoms with Gasteiger partial charge in [0.2, 0.25) is 5.91 Å². The molecule has 4 nitrogen and oxygen atoms in total. The monoisotopic (exact) mass is 259 g/mol. The summed E-state index contributed by atoms with van der Waals surface area (Å²) in [6.07, 6.45) is 0.453. The summed E-state index contributed by atoms with van der Waals surface area (Å²) in [5.41, 5.74) is 9.70. The van der Waals surface area contributed by atoms with Crippen LogP contribution in [-0.2, 0) is 11.2 Å². The molecule has 3 N–H and O–H groups in total. The molecule has 0 saturated heterocycles. The van der Waals surface area contributed by atoms with E-state index in [9.17, 15) is 4.79 Å². The first kappa shape index (κ1) is 11.4. The third kappa shape index (κ3) is 1.91. The second-order valence-corrected chi connectivity index (χ2v) is 5.32. The van der Waals surface area contributed by atoms with Gasteiger partial charge in [-0.3, -0.25) is 4.79 Å². The van der Waals surface area contributed by atoms with Crippen LogP contribution in [0.25, 0.3) is 10.6 Å². The van der Waals surface area contributed by atoms with Crippen LogP contribution in [0.3, 0.4) is 0 Å². The lowest BCUT2D eigenvalue weighted by Crippen LogP contribution is -2.04. The van der Waals surface area contributed by atoms with Gasteiger partial charge in [-0.15, -0.1) is 11.3 Å². The summed E-state index contributed by atoms with van der Waals surface area (Å²) < 4.78 is 0. The Morgan fingerprint density at radius 1 is 1.50 bits per heavy atom. The van der Waals surface area contributed by atoms with Crippen LogP contribution in [-0.4, -0.2) is 10.9 Å². The smallest absolute Gasteiger partial charge is 0.228 e. The highest BCUT2D eigenvalue weighted by Gasteiger charge is 2.18. The van der Waals surface area contributed by atoms with Crippen LogP contribution in [0.2, 0.25) is 0 Å². The van der Waals surface area contributed by atoms with E-state index in [0.29, 0.717) is 6.42 Å². The first-order valence-electron chi connectivity index (χ1n) is 5.77. The maximum atomic E-state index is 11.3. The minimum Gasteiger partial charge on any atom is -0.326 e. The quantitative estimate of drug-likeness (QED) is 0.869. The lowest BCUT2D eigenvalue weighted by Gasteiger charge is -2.01. The van der Waals surface area contributed by atoms with E-state index >= 15 is 0 Å². The summed E-state index contributed by atoms with van der Waals surface area (Å²) in [6.45, 7) is 1.92. The molecule has 18 heavy (non-hydrogen) atoms.